The first-order valence-electron chi connectivity index (χ1n) is 9.80. The number of nitriles is 1. The van der Waals surface area contributed by atoms with Gasteiger partial charge in [0.25, 0.3) is 5.91 Å². The zero-order chi connectivity index (χ0) is 21.8. The molecule has 1 amide bonds. The molecule has 30 heavy (non-hydrogen) atoms. The number of amides is 1. The van der Waals surface area contributed by atoms with Gasteiger partial charge < -0.3 is 4.90 Å². The third-order valence-electron chi connectivity index (χ3n) is 6.37. The Morgan fingerprint density at radius 2 is 1.93 bits per heavy atom. The predicted molar refractivity (Wildman–Crippen MR) is 110 cm³/mol. The van der Waals surface area contributed by atoms with E-state index in [-0.39, 0.29) is 22.6 Å². The summed E-state index contributed by atoms with van der Waals surface area (Å²) in [5, 5.41) is 9.23. The van der Waals surface area contributed by atoms with E-state index in [9.17, 15) is 18.0 Å². The van der Waals surface area contributed by atoms with E-state index >= 15 is 0 Å². The minimum absolute atomic E-state index is 0.0342. The molecule has 0 bridgehead atoms. The Morgan fingerprint density at radius 1 is 1.23 bits per heavy atom. The van der Waals surface area contributed by atoms with Crippen molar-refractivity contribution in [2.45, 2.75) is 44.8 Å². The van der Waals surface area contributed by atoms with Gasteiger partial charge in [-0.25, -0.2) is 0 Å². The average molecular weight is 431 g/mol. The van der Waals surface area contributed by atoms with Gasteiger partial charge in [0.2, 0.25) is 0 Å². The Bertz CT molecular complexity index is 1030. The highest BCUT2D eigenvalue weighted by atomic mass is 32.1. The lowest BCUT2D eigenvalue weighted by atomic mass is 9.74. The number of alkyl halides is 3. The van der Waals surface area contributed by atoms with Gasteiger partial charge >= 0.3 is 6.18 Å². The van der Waals surface area contributed by atoms with E-state index in [4.69, 9.17) is 17.5 Å². The number of nitrogens with zero attached hydrogens (tertiary/aromatic N) is 3. The van der Waals surface area contributed by atoms with Gasteiger partial charge in [0.1, 0.15) is 5.54 Å². The second-order valence-electron chi connectivity index (χ2n) is 8.15. The fraction of sp³-hybridized carbons (Fsp3) is 0.409. The number of carbonyl (C=O) groups is 1. The molecule has 0 aromatic heterocycles. The SMILES string of the molecule is CC1C=CC(N2C(=S)N(c3ccc(C#N)c(C(F)(F)F)c3)C(=O)C23CCC3)=CC1C. The summed E-state index contributed by atoms with van der Waals surface area (Å²) in [6.07, 6.45) is 3.40. The number of hydrogen-bond acceptors (Lipinski definition) is 3. The Balaban J connectivity index is 1.79. The van der Waals surface area contributed by atoms with E-state index < -0.39 is 22.8 Å². The van der Waals surface area contributed by atoms with Crippen molar-refractivity contribution in [1.29, 1.82) is 5.26 Å². The van der Waals surface area contributed by atoms with Crippen LogP contribution < -0.4 is 4.90 Å². The van der Waals surface area contributed by atoms with Crippen molar-refractivity contribution in [2.75, 3.05) is 4.90 Å². The lowest BCUT2D eigenvalue weighted by Gasteiger charge is -2.44. The van der Waals surface area contributed by atoms with Gasteiger partial charge in [-0.05, 0) is 67.6 Å². The number of allylic oxidation sites excluding steroid dienone is 3. The first kappa shape index (κ1) is 20.6. The van der Waals surface area contributed by atoms with Crippen LogP contribution in [0.2, 0.25) is 0 Å². The maximum atomic E-state index is 13.5. The molecule has 1 aromatic carbocycles. The molecule has 1 saturated heterocycles. The van der Waals surface area contributed by atoms with Crippen LogP contribution in [0.4, 0.5) is 18.9 Å². The number of halogens is 3. The second-order valence-corrected chi connectivity index (χ2v) is 8.52. The van der Waals surface area contributed by atoms with Crippen molar-refractivity contribution in [2.24, 2.45) is 11.8 Å². The summed E-state index contributed by atoms with van der Waals surface area (Å²) in [4.78, 5) is 16.4. The van der Waals surface area contributed by atoms with Gasteiger partial charge in [-0.3, -0.25) is 9.69 Å². The lowest BCUT2D eigenvalue weighted by Crippen LogP contribution is -2.54. The molecule has 4 rings (SSSR count). The molecule has 1 aliphatic heterocycles. The Labute approximate surface area is 178 Å². The number of anilines is 1. The van der Waals surface area contributed by atoms with Gasteiger partial charge in [-0.1, -0.05) is 26.0 Å². The topological polar surface area (TPSA) is 47.3 Å². The summed E-state index contributed by atoms with van der Waals surface area (Å²) in [5.41, 5.74) is -1.56. The van der Waals surface area contributed by atoms with Crippen LogP contribution in [0.3, 0.4) is 0 Å². The van der Waals surface area contributed by atoms with Crippen LogP contribution in [0, 0.1) is 23.2 Å². The van der Waals surface area contributed by atoms with E-state index in [1.54, 1.807) is 6.07 Å². The summed E-state index contributed by atoms with van der Waals surface area (Å²) < 4.78 is 40.4. The minimum atomic E-state index is -4.71. The molecule has 0 N–H and O–H groups in total. The standard InChI is InChI=1S/C22H20F3N3OS/c1-13-4-6-17(10-14(13)2)28-20(30)27(19(29)21(28)8-3-9-21)16-7-5-15(12-26)18(11-16)22(23,24)25/h4-7,10-11,13-14H,3,8-9H2,1-2H3. The molecule has 8 heteroatoms. The molecule has 2 atom stereocenters. The van der Waals surface area contributed by atoms with Crippen LogP contribution in [-0.2, 0) is 11.0 Å². The first-order valence-corrected chi connectivity index (χ1v) is 10.2. The molecule has 156 valence electrons. The summed E-state index contributed by atoms with van der Waals surface area (Å²) in [5.74, 6) is 0.292. The molecule has 2 aliphatic carbocycles. The van der Waals surface area contributed by atoms with Crippen molar-refractivity contribution in [3.63, 3.8) is 0 Å². The molecule has 0 radical (unpaired) electrons. The van der Waals surface area contributed by atoms with Crippen LogP contribution >= 0.6 is 12.2 Å². The normalized spacial score (nSPS) is 25.4. The van der Waals surface area contributed by atoms with Crippen LogP contribution in [-0.4, -0.2) is 21.5 Å². The van der Waals surface area contributed by atoms with Crippen LogP contribution in [0.5, 0.6) is 0 Å². The second kappa shape index (κ2) is 6.95. The van der Waals surface area contributed by atoms with Crippen LogP contribution in [0.15, 0.2) is 42.1 Å². The fourth-order valence-corrected chi connectivity index (χ4v) is 4.73. The van der Waals surface area contributed by atoms with Crippen LogP contribution in [0.25, 0.3) is 0 Å². The maximum absolute atomic E-state index is 13.5. The molecule has 2 unspecified atom stereocenters. The monoisotopic (exact) mass is 431 g/mol. The van der Waals surface area contributed by atoms with Gasteiger partial charge in [0.05, 0.1) is 22.9 Å². The molecule has 1 heterocycles. The fourth-order valence-electron chi connectivity index (χ4n) is 4.26. The quantitative estimate of drug-likeness (QED) is 0.607. The van der Waals surface area contributed by atoms with Crippen molar-refractivity contribution in [3.05, 3.63) is 53.3 Å². The van der Waals surface area contributed by atoms with E-state index in [1.807, 2.05) is 11.0 Å². The number of rotatable bonds is 2. The van der Waals surface area contributed by atoms with Crippen molar-refractivity contribution in [1.82, 2.24) is 4.90 Å². The number of benzene rings is 1. The highest BCUT2D eigenvalue weighted by Crippen LogP contribution is 2.49. The highest BCUT2D eigenvalue weighted by Gasteiger charge is 2.60. The Hall–Kier alpha value is -2.66. The van der Waals surface area contributed by atoms with Crippen molar-refractivity contribution in [3.8, 4) is 6.07 Å². The molecule has 1 aromatic rings. The molecule has 4 nitrogen and oxygen atoms in total. The zero-order valence-electron chi connectivity index (χ0n) is 16.5. The van der Waals surface area contributed by atoms with Gasteiger partial charge in [0.15, 0.2) is 5.11 Å². The molecular formula is C22H20F3N3OS. The zero-order valence-corrected chi connectivity index (χ0v) is 17.3. The third-order valence-corrected chi connectivity index (χ3v) is 6.74. The average Bonchev–Trinajstić information content (AvgIpc) is 2.90. The number of hydrogen-bond donors (Lipinski definition) is 0. The number of carbonyl (C=O) groups excluding carboxylic acids is 1. The summed E-state index contributed by atoms with van der Waals surface area (Å²) in [6, 6.07) is 4.85. The summed E-state index contributed by atoms with van der Waals surface area (Å²) in [6.45, 7) is 4.18. The predicted octanol–water partition coefficient (Wildman–Crippen LogP) is 5.16. The maximum Gasteiger partial charge on any atom is 0.417 e. The Morgan fingerprint density at radius 3 is 2.47 bits per heavy atom. The van der Waals surface area contributed by atoms with E-state index in [1.165, 1.54) is 11.0 Å². The molecule has 3 aliphatic rings. The smallest absolute Gasteiger partial charge is 0.303 e. The van der Waals surface area contributed by atoms with Crippen molar-refractivity contribution < 1.29 is 18.0 Å². The summed E-state index contributed by atoms with van der Waals surface area (Å²) in [7, 11) is 0. The van der Waals surface area contributed by atoms with Crippen molar-refractivity contribution >= 4 is 28.9 Å². The highest BCUT2D eigenvalue weighted by molar-refractivity contribution is 7.80. The van der Waals surface area contributed by atoms with Gasteiger partial charge in [-0.2, -0.15) is 18.4 Å². The minimum Gasteiger partial charge on any atom is -0.303 e. The van der Waals surface area contributed by atoms with Gasteiger partial charge in [0, 0.05) is 5.70 Å². The lowest BCUT2D eigenvalue weighted by molar-refractivity contribution is -0.137. The van der Waals surface area contributed by atoms with Crippen LogP contribution in [0.1, 0.15) is 44.2 Å². The third kappa shape index (κ3) is 2.95. The first-order chi connectivity index (χ1) is 14.1. The van der Waals surface area contributed by atoms with Gasteiger partial charge in [-0.15, -0.1) is 0 Å². The van der Waals surface area contributed by atoms with E-state index in [0.29, 0.717) is 18.8 Å². The molecule has 1 saturated carbocycles. The number of thiocarbonyl (C=S) groups is 1. The molecule has 2 fully saturated rings. The van der Waals surface area contributed by atoms with E-state index in [0.717, 1.165) is 24.3 Å². The van der Waals surface area contributed by atoms with E-state index in [2.05, 4.69) is 26.0 Å². The largest absolute Gasteiger partial charge is 0.417 e. The molecular weight excluding hydrogens is 411 g/mol. The summed E-state index contributed by atoms with van der Waals surface area (Å²) >= 11 is 5.63. The Kier molecular flexibility index (Phi) is 4.77. The molecule has 1 spiro atoms.